The van der Waals surface area contributed by atoms with Crippen LogP contribution in [0.1, 0.15) is 65.0 Å². The molecule has 5 N–H and O–H groups in total. The van der Waals surface area contributed by atoms with Crippen LogP contribution in [0.2, 0.25) is 0 Å². The Kier molecular flexibility index (Phi) is 8.09. The predicted molar refractivity (Wildman–Crippen MR) is 137 cm³/mol. The third kappa shape index (κ3) is 6.08. The molecule has 0 radical (unpaired) electrons. The second-order valence-corrected chi connectivity index (χ2v) is 9.75. The van der Waals surface area contributed by atoms with Gasteiger partial charge in [-0.1, -0.05) is 0 Å². The van der Waals surface area contributed by atoms with Gasteiger partial charge in [0.1, 0.15) is 5.82 Å². The van der Waals surface area contributed by atoms with E-state index in [2.05, 4.69) is 15.6 Å². The van der Waals surface area contributed by atoms with Gasteiger partial charge in [0.15, 0.2) is 0 Å². The number of aromatic nitrogens is 1. The van der Waals surface area contributed by atoms with Crippen LogP contribution in [0.4, 0.5) is 10.1 Å². The third-order valence-corrected chi connectivity index (χ3v) is 6.93. The molecule has 3 heterocycles. The highest BCUT2D eigenvalue weighted by Crippen LogP contribution is 2.34. The van der Waals surface area contributed by atoms with E-state index in [1.807, 2.05) is 0 Å². The molecule has 1 fully saturated rings. The summed E-state index contributed by atoms with van der Waals surface area (Å²) in [6.07, 6.45) is 2.03. The number of fused-ring (bicyclic) bond motifs is 1. The molecule has 1 aromatic carbocycles. The van der Waals surface area contributed by atoms with Gasteiger partial charge < -0.3 is 30.7 Å². The summed E-state index contributed by atoms with van der Waals surface area (Å²) in [5.74, 6) is -1.24. The highest BCUT2D eigenvalue weighted by molar-refractivity contribution is 6.34. The molecule has 1 aromatic heterocycles. The summed E-state index contributed by atoms with van der Waals surface area (Å²) < 4.78 is 13.7. The lowest BCUT2D eigenvalue weighted by Gasteiger charge is -2.19. The summed E-state index contributed by atoms with van der Waals surface area (Å²) in [4.78, 5) is 42.3. The molecule has 3 amide bonds. The average Bonchev–Trinajstić information content (AvgIpc) is 3.53. The van der Waals surface area contributed by atoms with Gasteiger partial charge in [-0.25, -0.2) is 4.39 Å². The van der Waals surface area contributed by atoms with E-state index in [0.717, 1.165) is 25.9 Å². The number of anilines is 1. The molecular weight excluding hydrogens is 479 g/mol. The van der Waals surface area contributed by atoms with Gasteiger partial charge in [0, 0.05) is 42.3 Å². The number of benzene rings is 1. The molecular formula is C27H33FN4O5. The number of rotatable bonds is 9. The number of aliphatic hydroxyl groups excluding tert-OH is 2. The van der Waals surface area contributed by atoms with Gasteiger partial charge in [-0.3, -0.25) is 14.4 Å². The standard InChI is InChI=1S/C27H33FN4O5/c1-15-23(14-21-20-11-17(28)5-6-22(20)31-26(21)36)30-16(2)25(15)27(37)29-8-7-18(33)12-19(34)13-24(35)32-9-3-4-10-32/h5-6,11,14,18-19,30,33-34H,3-4,7-10,12-13H2,1-2H3,(H,29,37)(H,31,36)/b21-14-/t18-,19-/m1/s1. The second kappa shape index (κ2) is 11.3. The van der Waals surface area contributed by atoms with Crippen LogP contribution in [0.5, 0.6) is 0 Å². The van der Waals surface area contributed by atoms with Crippen molar-refractivity contribution in [2.75, 3.05) is 25.0 Å². The van der Waals surface area contributed by atoms with Gasteiger partial charge in [-0.2, -0.15) is 0 Å². The molecule has 9 nitrogen and oxygen atoms in total. The number of carbonyl (C=O) groups excluding carboxylic acids is 3. The monoisotopic (exact) mass is 512 g/mol. The van der Waals surface area contributed by atoms with E-state index in [1.54, 1.807) is 24.8 Å². The van der Waals surface area contributed by atoms with Crippen LogP contribution in [-0.2, 0) is 9.59 Å². The Balaban J connectivity index is 1.33. The molecule has 37 heavy (non-hydrogen) atoms. The zero-order valence-electron chi connectivity index (χ0n) is 21.1. The lowest BCUT2D eigenvalue weighted by atomic mass is 10.0. The first-order valence-corrected chi connectivity index (χ1v) is 12.6. The summed E-state index contributed by atoms with van der Waals surface area (Å²) in [5.41, 5.74) is 3.52. The number of hydrogen-bond donors (Lipinski definition) is 5. The quantitative estimate of drug-likeness (QED) is 0.329. The zero-order chi connectivity index (χ0) is 26.7. The molecule has 2 aliphatic rings. The summed E-state index contributed by atoms with van der Waals surface area (Å²) in [6, 6.07) is 4.08. The van der Waals surface area contributed by atoms with Crippen LogP contribution in [0.15, 0.2) is 18.2 Å². The van der Waals surface area contributed by atoms with Crippen molar-refractivity contribution in [3.63, 3.8) is 0 Å². The summed E-state index contributed by atoms with van der Waals surface area (Å²) in [6.45, 7) is 5.12. The number of hydrogen-bond acceptors (Lipinski definition) is 5. The van der Waals surface area contributed by atoms with Crippen LogP contribution in [0.3, 0.4) is 0 Å². The molecule has 0 unspecified atom stereocenters. The second-order valence-electron chi connectivity index (χ2n) is 9.75. The molecule has 0 bridgehead atoms. The number of nitrogens with zero attached hydrogens (tertiary/aromatic N) is 1. The van der Waals surface area contributed by atoms with Crippen LogP contribution in [-0.4, -0.2) is 69.7 Å². The number of H-pyrrole nitrogens is 1. The number of amides is 3. The van der Waals surface area contributed by atoms with Crippen molar-refractivity contribution in [2.45, 2.75) is 58.2 Å². The molecule has 10 heteroatoms. The summed E-state index contributed by atoms with van der Waals surface area (Å²) >= 11 is 0. The first kappa shape index (κ1) is 26.6. The number of carbonyl (C=O) groups is 3. The maximum Gasteiger partial charge on any atom is 0.256 e. The Bertz CT molecular complexity index is 1230. The van der Waals surface area contributed by atoms with Gasteiger partial charge in [0.25, 0.3) is 11.8 Å². The SMILES string of the molecule is Cc1[nH]c(/C=C2\C(=O)Nc3ccc(F)cc32)c(C)c1C(=O)NCC[C@@H](O)C[C@@H](O)CC(=O)N1CCCC1. The first-order valence-electron chi connectivity index (χ1n) is 12.6. The minimum Gasteiger partial charge on any atom is -0.393 e. The Labute approximate surface area is 214 Å². The highest BCUT2D eigenvalue weighted by atomic mass is 19.1. The van der Waals surface area contributed by atoms with E-state index >= 15 is 0 Å². The van der Waals surface area contributed by atoms with Crippen molar-refractivity contribution < 1.29 is 29.0 Å². The number of aliphatic hydroxyl groups is 2. The molecule has 4 rings (SSSR count). The van der Waals surface area contributed by atoms with Crippen molar-refractivity contribution >= 4 is 35.1 Å². The maximum atomic E-state index is 13.7. The molecule has 198 valence electrons. The lowest BCUT2D eigenvalue weighted by Crippen LogP contribution is -2.33. The van der Waals surface area contributed by atoms with E-state index < -0.39 is 18.0 Å². The Morgan fingerprint density at radius 3 is 2.65 bits per heavy atom. The summed E-state index contributed by atoms with van der Waals surface area (Å²) in [5, 5.41) is 25.9. The molecule has 0 spiro atoms. The number of likely N-dealkylation sites (tertiary alicyclic amines) is 1. The van der Waals surface area contributed by atoms with Crippen molar-refractivity contribution in [1.82, 2.24) is 15.2 Å². The average molecular weight is 513 g/mol. The molecule has 2 aliphatic heterocycles. The number of nitrogens with one attached hydrogen (secondary N) is 3. The van der Waals surface area contributed by atoms with Crippen LogP contribution >= 0.6 is 0 Å². The van der Waals surface area contributed by atoms with Gasteiger partial charge in [-0.15, -0.1) is 0 Å². The molecule has 0 aliphatic carbocycles. The maximum absolute atomic E-state index is 13.7. The molecule has 2 atom stereocenters. The van der Waals surface area contributed by atoms with E-state index in [9.17, 15) is 29.0 Å². The minimum absolute atomic E-state index is 0.0153. The number of halogens is 1. The smallest absolute Gasteiger partial charge is 0.256 e. The van der Waals surface area contributed by atoms with E-state index in [0.29, 0.717) is 39.3 Å². The van der Waals surface area contributed by atoms with Crippen LogP contribution < -0.4 is 10.6 Å². The number of aryl methyl sites for hydroxylation is 1. The Hall–Kier alpha value is -3.50. The van der Waals surface area contributed by atoms with Crippen molar-refractivity contribution in [3.8, 4) is 0 Å². The third-order valence-electron chi connectivity index (χ3n) is 6.93. The fourth-order valence-corrected chi connectivity index (χ4v) is 4.96. The van der Waals surface area contributed by atoms with E-state index in [-0.39, 0.29) is 43.5 Å². The minimum atomic E-state index is -0.935. The fourth-order valence-electron chi connectivity index (χ4n) is 4.96. The molecule has 1 saturated heterocycles. The first-order chi connectivity index (χ1) is 17.6. The van der Waals surface area contributed by atoms with Crippen LogP contribution in [0, 0.1) is 19.7 Å². The van der Waals surface area contributed by atoms with E-state index in [1.165, 1.54) is 18.2 Å². The topological polar surface area (TPSA) is 135 Å². The van der Waals surface area contributed by atoms with Gasteiger partial charge >= 0.3 is 0 Å². The molecule has 2 aromatic rings. The Morgan fingerprint density at radius 2 is 1.92 bits per heavy atom. The fraction of sp³-hybridized carbons (Fsp3) is 0.444. The predicted octanol–water partition coefficient (Wildman–Crippen LogP) is 2.51. The zero-order valence-corrected chi connectivity index (χ0v) is 21.1. The lowest BCUT2D eigenvalue weighted by molar-refractivity contribution is -0.132. The largest absolute Gasteiger partial charge is 0.393 e. The van der Waals surface area contributed by atoms with Gasteiger partial charge in [-0.05, 0) is 69.4 Å². The normalized spacial score (nSPS) is 17.6. The van der Waals surface area contributed by atoms with E-state index in [4.69, 9.17) is 0 Å². The number of aromatic amines is 1. The van der Waals surface area contributed by atoms with Crippen molar-refractivity contribution in [1.29, 1.82) is 0 Å². The molecule has 0 saturated carbocycles. The van der Waals surface area contributed by atoms with Gasteiger partial charge in [0.2, 0.25) is 5.91 Å². The van der Waals surface area contributed by atoms with Crippen molar-refractivity contribution in [2.24, 2.45) is 0 Å². The van der Waals surface area contributed by atoms with Crippen molar-refractivity contribution in [3.05, 3.63) is 52.1 Å². The Morgan fingerprint density at radius 1 is 1.19 bits per heavy atom. The van der Waals surface area contributed by atoms with Gasteiger partial charge in [0.05, 0.1) is 29.8 Å². The highest BCUT2D eigenvalue weighted by Gasteiger charge is 2.26. The van der Waals surface area contributed by atoms with Crippen LogP contribution in [0.25, 0.3) is 11.6 Å². The summed E-state index contributed by atoms with van der Waals surface area (Å²) in [7, 11) is 0.